The molecule has 4 nitrogen and oxygen atoms in total. The van der Waals surface area contributed by atoms with Gasteiger partial charge in [-0.3, -0.25) is 0 Å². The summed E-state index contributed by atoms with van der Waals surface area (Å²) >= 11 is 0. The Morgan fingerprint density at radius 3 is 2.83 bits per heavy atom. The molecule has 0 aromatic carbocycles. The van der Waals surface area contributed by atoms with Crippen molar-refractivity contribution in [1.82, 2.24) is 15.5 Å². The molecule has 2 rings (SSSR count). The van der Waals surface area contributed by atoms with Crippen molar-refractivity contribution in [3.05, 3.63) is 11.7 Å². The Balaban J connectivity index is 1.64. The Bertz CT molecular complexity index is 332. The fourth-order valence-corrected chi connectivity index (χ4v) is 2.47. The Morgan fingerprint density at radius 1 is 1.22 bits per heavy atom. The molecule has 1 unspecified atom stereocenters. The number of rotatable bonds is 8. The lowest BCUT2D eigenvalue weighted by atomic mass is 10.1. The first-order chi connectivity index (χ1) is 8.90. The van der Waals surface area contributed by atoms with E-state index in [9.17, 15) is 0 Å². The third-order valence-corrected chi connectivity index (χ3v) is 3.60. The Hall–Kier alpha value is -0.900. The molecule has 0 bridgehead atoms. The van der Waals surface area contributed by atoms with Crippen LogP contribution in [0.2, 0.25) is 0 Å². The lowest BCUT2D eigenvalue weighted by molar-refractivity contribution is 0.363. The van der Waals surface area contributed by atoms with Gasteiger partial charge in [0.05, 0.1) is 6.04 Å². The second kappa shape index (κ2) is 7.52. The van der Waals surface area contributed by atoms with Crippen LogP contribution in [-0.2, 0) is 6.42 Å². The maximum absolute atomic E-state index is 5.30. The summed E-state index contributed by atoms with van der Waals surface area (Å²) in [5.41, 5.74) is 0. The molecule has 4 heteroatoms. The SMILES string of the molecule is CCCCCCCCc1nc(C2CCCN2)no1. The Kier molecular flexibility index (Phi) is 5.65. The van der Waals surface area contributed by atoms with Crippen molar-refractivity contribution in [2.75, 3.05) is 6.54 Å². The van der Waals surface area contributed by atoms with E-state index in [1.807, 2.05) is 0 Å². The molecule has 1 fully saturated rings. The summed E-state index contributed by atoms with van der Waals surface area (Å²) in [6.07, 6.45) is 11.1. The summed E-state index contributed by atoms with van der Waals surface area (Å²) < 4.78 is 5.30. The molecule has 0 saturated carbocycles. The van der Waals surface area contributed by atoms with E-state index in [0.717, 1.165) is 31.1 Å². The first kappa shape index (κ1) is 13.5. The molecule has 102 valence electrons. The van der Waals surface area contributed by atoms with Crippen molar-refractivity contribution in [1.29, 1.82) is 0 Å². The lowest BCUT2D eigenvalue weighted by Crippen LogP contribution is -2.14. The second-order valence-corrected chi connectivity index (χ2v) is 5.21. The zero-order chi connectivity index (χ0) is 12.6. The summed E-state index contributed by atoms with van der Waals surface area (Å²) in [7, 11) is 0. The Morgan fingerprint density at radius 2 is 2.06 bits per heavy atom. The van der Waals surface area contributed by atoms with Crippen LogP contribution in [0.1, 0.15) is 76.0 Å². The maximum atomic E-state index is 5.30. The third-order valence-electron chi connectivity index (χ3n) is 3.60. The highest BCUT2D eigenvalue weighted by Gasteiger charge is 2.21. The largest absolute Gasteiger partial charge is 0.339 e. The van der Waals surface area contributed by atoms with Crippen molar-refractivity contribution < 1.29 is 4.52 Å². The molecule has 1 aromatic heterocycles. The van der Waals surface area contributed by atoms with Crippen LogP contribution in [0.5, 0.6) is 0 Å². The molecule has 0 radical (unpaired) electrons. The first-order valence-corrected chi connectivity index (χ1v) is 7.46. The van der Waals surface area contributed by atoms with Crippen molar-refractivity contribution in [3.63, 3.8) is 0 Å². The van der Waals surface area contributed by atoms with Crippen molar-refractivity contribution in [3.8, 4) is 0 Å². The van der Waals surface area contributed by atoms with Gasteiger partial charge in [-0.2, -0.15) is 4.98 Å². The van der Waals surface area contributed by atoms with Crippen LogP contribution in [0.25, 0.3) is 0 Å². The second-order valence-electron chi connectivity index (χ2n) is 5.21. The van der Waals surface area contributed by atoms with Crippen LogP contribution < -0.4 is 5.32 Å². The van der Waals surface area contributed by atoms with E-state index >= 15 is 0 Å². The van der Waals surface area contributed by atoms with E-state index in [1.165, 1.54) is 44.9 Å². The minimum absolute atomic E-state index is 0.326. The molecule has 1 atom stereocenters. The van der Waals surface area contributed by atoms with E-state index in [-0.39, 0.29) is 0 Å². The van der Waals surface area contributed by atoms with Gasteiger partial charge in [-0.05, 0) is 25.8 Å². The fourth-order valence-electron chi connectivity index (χ4n) is 2.47. The quantitative estimate of drug-likeness (QED) is 0.719. The van der Waals surface area contributed by atoms with Gasteiger partial charge in [-0.1, -0.05) is 44.2 Å². The smallest absolute Gasteiger partial charge is 0.226 e. The molecular weight excluding hydrogens is 226 g/mol. The number of aromatic nitrogens is 2. The van der Waals surface area contributed by atoms with Gasteiger partial charge >= 0.3 is 0 Å². The summed E-state index contributed by atoms with van der Waals surface area (Å²) in [5, 5.41) is 7.47. The van der Waals surface area contributed by atoms with Crippen LogP contribution in [0.3, 0.4) is 0 Å². The summed E-state index contributed by atoms with van der Waals surface area (Å²) in [5.74, 6) is 1.67. The van der Waals surface area contributed by atoms with Crippen LogP contribution in [0.15, 0.2) is 4.52 Å². The number of nitrogens with zero attached hydrogens (tertiary/aromatic N) is 2. The first-order valence-electron chi connectivity index (χ1n) is 7.46. The minimum Gasteiger partial charge on any atom is -0.339 e. The third kappa shape index (κ3) is 4.09. The van der Waals surface area contributed by atoms with Gasteiger partial charge < -0.3 is 9.84 Å². The molecular formula is C14H25N3O. The maximum Gasteiger partial charge on any atom is 0.226 e. The molecule has 2 heterocycles. The normalized spacial score (nSPS) is 19.5. The number of hydrogen-bond acceptors (Lipinski definition) is 4. The summed E-state index contributed by atoms with van der Waals surface area (Å²) in [4.78, 5) is 4.49. The number of nitrogens with one attached hydrogen (secondary N) is 1. The topological polar surface area (TPSA) is 51.0 Å². The predicted octanol–water partition coefficient (Wildman–Crippen LogP) is 3.40. The van der Waals surface area contributed by atoms with Crippen LogP contribution in [0, 0.1) is 0 Å². The monoisotopic (exact) mass is 251 g/mol. The fraction of sp³-hybridized carbons (Fsp3) is 0.857. The highest BCUT2D eigenvalue weighted by molar-refractivity contribution is 4.96. The number of unbranched alkanes of at least 4 members (excludes halogenated alkanes) is 5. The molecule has 0 aliphatic carbocycles. The molecule has 1 N–H and O–H groups in total. The zero-order valence-corrected chi connectivity index (χ0v) is 11.5. The number of hydrogen-bond donors (Lipinski definition) is 1. The molecule has 18 heavy (non-hydrogen) atoms. The van der Waals surface area contributed by atoms with Crippen LogP contribution in [-0.4, -0.2) is 16.7 Å². The molecule has 1 saturated heterocycles. The summed E-state index contributed by atoms with van der Waals surface area (Å²) in [6.45, 7) is 3.32. The van der Waals surface area contributed by atoms with Gasteiger partial charge in [-0.25, -0.2) is 0 Å². The summed E-state index contributed by atoms with van der Waals surface area (Å²) in [6, 6.07) is 0.326. The van der Waals surface area contributed by atoms with Gasteiger partial charge in [0.2, 0.25) is 5.89 Å². The molecule has 1 aliphatic heterocycles. The molecule has 0 amide bonds. The predicted molar refractivity (Wildman–Crippen MR) is 71.4 cm³/mol. The minimum atomic E-state index is 0.326. The molecule has 1 aromatic rings. The van der Waals surface area contributed by atoms with Crippen LogP contribution in [0.4, 0.5) is 0 Å². The molecule has 0 spiro atoms. The van der Waals surface area contributed by atoms with E-state index < -0.39 is 0 Å². The molecule has 1 aliphatic rings. The highest BCUT2D eigenvalue weighted by atomic mass is 16.5. The van der Waals surface area contributed by atoms with E-state index in [1.54, 1.807) is 0 Å². The van der Waals surface area contributed by atoms with E-state index in [2.05, 4.69) is 22.4 Å². The standard InChI is InChI=1S/C14H25N3O/c1-2-3-4-5-6-7-10-13-16-14(17-18-13)12-9-8-11-15-12/h12,15H,2-11H2,1H3. The van der Waals surface area contributed by atoms with Crippen molar-refractivity contribution in [2.45, 2.75) is 70.8 Å². The van der Waals surface area contributed by atoms with E-state index in [4.69, 9.17) is 4.52 Å². The van der Waals surface area contributed by atoms with Gasteiger partial charge in [0.15, 0.2) is 5.82 Å². The Labute approximate surface area is 110 Å². The van der Waals surface area contributed by atoms with Crippen LogP contribution >= 0.6 is 0 Å². The van der Waals surface area contributed by atoms with Gasteiger partial charge in [0.25, 0.3) is 0 Å². The average molecular weight is 251 g/mol. The van der Waals surface area contributed by atoms with Gasteiger partial charge in [0.1, 0.15) is 0 Å². The zero-order valence-electron chi connectivity index (χ0n) is 11.5. The van der Waals surface area contributed by atoms with Crippen molar-refractivity contribution in [2.24, 2.45) is 0 Å². The van der Waals surface area contributed by atoms with Gasteiger partial charge in [0, 0.05) is 6.42 Å². The average Bonchev–Trinajstić information content (AvgIpc) is 3.03. The highest BCUT2D eigenvalue weighted by Crippen LogP contribution is 2.20. The van der Waals surface area contributed by atoms with Crippen molar-refractivity contribution >= 4 is 0 Å². The van der Waals surface area contributed by atoms with Gasteiger partial charge in [-0.15, -0.1) is 0 Å². The number of aryl methyl sites for hydroxylation is 1. The lowest BCUT2D eigenvalue weighted by Gasteiger charge is -2.01. The van der Waals surface area contributed by atoms with E-state index in [0.29, 0.717) is 6.04 Å².